The van der Waals surface area contributed by atoms with Crippen molar-refractivity contribution in [3.05, 3.63) is 107 Å². The Kier molecular flexibility index (Phi) is 6.06. The van der Waals surface area contributed by atoms with E-state index >= 15 is 0 Å². The van der Waals surface area contributed by atoms with E-state index in [0.29, 0.717) is 5.56 Å². The van der Waals surface area contributed by atoms with Gasteiger partial charge >= 0.3 is 5.97 Å². The van der Waals surface area contributed by atoms with Gasteiger partial charge in [0.1, 0.15) is 0 Å². The minimum atomic E-state index is -0.358. The summed E-state index contributed by atoms with van der Waals surface area (Å²) in [4.78, 5) is 28.3. The van der Waals surface area contributed by atoms with Crippen molar-refractivity contribution in [1.82, 2.24) is 19.9 Å². The molecular weight excluding hydrogens is 619 g/mol. The Morgan fingerprint density at radius 2 is 1.29 bits per heavy atom. The van der Waals surface area contributed by atoms with Gasteiger partial charge in [0, 0.05) is 48.7 Å². The zero-order chi connectivity index (χ0) is 23.1. The molecule has 35 heavy (non-hydrogen) atoms. The van der Waals surface area contributed by atoms with Gasteiger partial charge in [-0.1, -0.05) is 12.1 Å². The molecule has 2 aliphatic heterocycles. The number of ether oxygens (including phenoxy) is 1. The number of nitrogens with zero attached hydrogens (tertiary/aromatic N) is 2. The molecule has 0 amide bonds. The van der Waals surface area contributed by atoms with E-state index in [1.165, 1.54) is 7.11 Å². The van der Waals surface area contributed by atoms with Crippen LogP contribution in [0.4, 0.5) is 0 Å². The second kappa shape index (κ2) is 9.32. The summed E-state index contributed by atoms with van der Waals surface area (Å²) in [5.41, 5.74) is 9.74. The summed E-state index contributed by atoms with van der Waals surface area (Å²) in [5, 5.41) is 0. The van der Waals surface area contributed by atoms with E-state index in [1.54, 1.807) is 12.1 Å². The first-order valence-corrected chi connectivity index (χ1v) is 10.9. The quantitative estimate of drug-likeness (QED) is 0.233. The maximum absolute atomic E-state index is 11.8. The van der Waals surface area contributed by atoms with Crippen molar-refractivity contribution in [3.63, 3.8) is 0 Å². The molecule has 8 bridgehead atoms. The van der Waals surface area contributed by atoms with Gasteiger partial charge in [-0.05, 0) is 84.5 Å². The summed E-state index contributed by atoms with van der Waals surface area (Å²) in [6.45, 7) is 0. The standard InChI is InChI=1S/C28H20N4O2.Pt/c1-34-28(33)18-4-2-17(3-5-18)26-15-25-14-23-9-8-21(30-23)12-19-6-7-20(29-19)13-22-10-11-24(31-22)16-27(26)32-25;/h2-16,29-30H,1H3;. The van der Waals surface area contributed by atoms with Crippen LogP contribution in [0.5, 0.6) is 0 Å². The van der Waals surface area contributed by atoms with Crippen LogP contribution in [0.15, 0.2) is 72.8 Å². The second-order valence-electron chi connectivity index (χ2n) is 8.16. The zero-order valence-electron chi connectivity index (χ0n) is 18.7. The van der Waals surface area contributed by atoms with E-state index in [-0.39, 0.29) is 27.0 Å². The van der Waals surface area contributed by atoms with Crippen LogP contribution in [0.1, 0.15) is 38.7 Å². The average Bonchev–Trinajstić information content (AvgIpc) is 3.64. The van der Waals surface area contributed by atoms with Gasteiger partial charge in [-0.3, -0.25) is 0 Å². The molecule has 6 rings (SSSR count). The maximum Gasteiger partial charge on any atom is 0.337 e. The third kappa shape index (κ3) is 4.66. The van der Waals surface area contributed by atoms with Gasteiger partial charge < -0.3 is 14.7 Å². The van der Waals surface area contributed by atoms with Crippen molar-refractivity contribution in [2.75, 3.05) is 7.11 Å². The van der Waals surface area contributed by atoms with Gasteiger partial charge in [-0.25, -0.2) is 14.8 Å². The number of aromatic nitrogens is 4. The Labute approximate surface area is 215 Å². The monoisotopic (exact) mass is 639 g/mol. The van der Waals surface area contributed by atoms with Crippen molar-refractivity contribution < 1.29 is 30.6 Å². The molecule has 3 aromatic heterocycles. The number of hydrogen-bond acceptors (Lipinski definition) is 4. The van der Waals surface area contributed by atoms with E-state index in [9.17, 15) is 4.79 Å². The molecule has 0 saturated heterocycles. The first-order valence-electron chi connectivity index (χ1n) is 10.9. The molecule has 5 heterocycles. The zero-order valence-corrected chi connectivity index (χ0v) is 21.0. The average molecular weight is 640 g/mol. The van der Waals surface area contributed by atoms with Crippen LogP contribution in [0.2, 0.25) is 0 Å². The molecule has 0 unspecified atom stereocenters. The molecule has 0 spiro atoms. The molecule has 0 atom stereocenters. The number of carbonyl (C=O) groups is 1. The van der Waals surface area contributed by atoms with Gasteiger partial charge in [-0.2, -0.15) is 0 Å². The van der Waals surface area contributed by atoms with E-state index in [0.717, 1.165) is 56.0 Å². The SMILES string of the molecule is COC(=O)c1ccc(C2=Cc3cc4ccc(cc5ccc(cc6nc(cc2n3)C=C6)[nH]5)[nH]4)cc1.[Pt]. The minimum Gasteiger partial charge on any atom is -0.465 e. The van der Waals surface area contributed by atoms with Crippen LogP contribution >= 0.6 is 0 Å². The molecule has 4 aromatic rings. The number of carbonyl (C=O) groups excluding carboxylic acids is 1. The van der Waals surface area contributed by atoms with E-state index in [4.69, 9.17) is 14.7 Å². The number of H-pyrrole nitrogens is 2. The Morgan fingerprint density at radius 1 is 0.714 bits per heavy atom. The Hall–Kier alpha value is -4.02. The smallest absolute Gasteiger partial charge is 0.337 e. The summed E-state index contributed by atoms with van der Waals surface area (Å²) in [7, 11) is 1.38. The third-order valence-corrected chi connectivity index (χ3v) is 5.78. The van der Waals surface area contributed by atoms with Gasteiger partial charge in [0.05, 0.1) is 35.4 Å². The van der Waals surface area contributed by atoms with Crippen molar-refractivity contribution in [2.24, 2.45) is 0 Å². The van der Waals surface area contributed by atoms with Gasteiger partial charge in [0.25, 0.3) is 0 Å². The van der Waals surface area contributed by atoms with E-state index in [2.05, 4.69) is 16.0 Å². The fraction of sp³-hybridized carbons (Fsp3) is 0.0357. The number of fused-ring (bicyclic) bond motifs is 8. The van der Waals surface area contributed by atoms with Gasteiger partial charge in [0.15, 0.2) is 0 Å². The molecule has 2 aliphatic rings. The van der Waals surface area contributed by atoms with E-state index in [1.807, 2.05) is 72.8 Å². The molecule has 7 heteroatoms. The number of benzene rings is 1. The van der Waals surface area contributed by atoms with Crippen molar-refractivity contribution >= 4 is 51.8 Å². The summed E-state index contributed by atoms with van der Waals surface area (Å²) < 4.78 is 4.82. The molecule has 0 saturated carbocycles. The second-order valence-corrected chi connectivity index (χ2v) is 8.16. The van der Waals surface area contributed by atoms with Crippen LogP contribution in [-0.2, 0) is 25.8 Å². The van der Waals surface area contributed by atoms with Crippen LogP contribution in [0, 0.1) is 0 Å². The summed E-state index contributed by atoms with van der Waals surface area (Å²) in [6, 6.07) is 23.6. The van der Waals surface area contributed by atoms with Crippen molar-refractivity contribution in [3.8, 4) is 0 Å². The number of nitrogens with one attached hydrogen (secondary N) is 2. The topological polar surface area (TPSA) is 83.7 Å². The van der Waals surface area contributed by atoms with Crippen molar-refractivity contribution in [2.45, 2.75) is 0 Å². The van der Waals surface area contributed by atoms with Gasteiger partial charge in [0.2, 0.25) is 0 Å². The predicted molar refractivity (Wildman–Crippen MR) is 135 cm³/mol. The van der Waals surface area contributed by atoms with Crippen LogP contribution in [-0.4, -0.2) is 33.0 Å². The predicted octanol–water partition coefficient (Wildman–Crippen LogP) is 5.86. The number of hydrogen-bond donors (Lipinski definition) is 2. The number of methoxy groups -OCH3 is 1. The minimum absolute atomic E-state index is 0. The largest absolute Gasteiger partial charge is 0.465 e. The first kappa shape index (κ1) is 22.8. The van der Waals surface area contributed by atoms with Crippen LogP contribution in [0.25, 0.3) is 45.9 Å². The Morgan fingerprint density at radius 3 is 1.91 bits per heavy atom. The fourth-order valence-electron chi connectivity index (χ4n) is 4.15. The first-order chi connectivity index (χ1) is 16.6. The number of rotatable bonds is 2. The molecular formula is C28H20N4O2Pt. The molecule has 174 valence electrons. The van der Waals surface area contributed by atoms with Crippen LogP contribution in [0.3, 0.4) is 0 Å². The summed E-state index contributed by atoms with van der Waals surface area (Å²) in [5.74, 6) is -0.358. The van der Waals surface area contributed by atoms with Crippen molar-refractivity contribution in [1.29, 1.82) is 0 Å². The maximum atomic E-state index is 11.8. The number of esters is 1. The van der Waals surface area contributed by atoms with E-state index < -0.39 is 0 Å². The normalized spacial score (nSPS) is 12.1. The molecule has 0 fully saturated rings. The van der Waals surface area contributed by atoms with Gasteiger partial charge in [-0.15, -0.1) is 0 Å². The molecule has 0 radical (unpaired) electrons. The molecule has 0 aliphatic carbocycles. The molecule has 1 aromatic carbocycles. The van der Waals surface area contributed by atoms with Crippen LogP contribution < -0.4 is 0 Å². The fourth-order valence-corrected chi connectivity index (χ4v) is 4.15. The Balaban J connectivity index is 0.00000253. The number of aromatic amines is 2. The Bertz CT molecular complexity index is 1660. The third-order valence-electron chi connectivity index (χ3n) is 5.78. The summed E-state index contributed by atoms with van der Waals surface area (Å²) in [6.07, 6.45) is 6.03. The molecule has 6 nitrogen and oxygen atoms in total. The molecule has 2 N–H and O–H groups in total. The summed E-state index contributed by atoms with van der Waals surface area (Å²) >= 11 is 0.